The molecule has 0 aliphatic rings. The van der Waals surface area contributed by atoms with E-state index in [1.807, 2.05) is 0 Å². The first-order chi connectivity index (χ1) is 7.63. The molecule has 0 amide bonds. The van der Waals surface area contributed by atoms with Crippen molar-refractivity contribution in [2.75, 3.05) is 0 Å². The zero-order valence-electron chi connectivity index (χ0n) is 8.69. The molecule has 0 fully saturated rings. The van der Waals surface area contributed by atoms with Gasteiger partial charge in [0.05, 0.1) is 4.90 Å². The van der Waals surface area contributed by atoms with E-state index >= 15 is 0 Å². The van der Waals surface area contributed by atoms with Gasteiger partial charge in [-0.1, -0.05) is 17.7 Å². The molecular weight excluding hydrogens is 259 g/mol. The molecular formula is C9H10F3NO3S. The van der Waals surface area contributed by atoms with Gasteiger partial charge < -0.3 is 5.11 Å². The van der Waals surface area contributed by atoms with E-state index in [2.05, 4.69) is 0 Å². The normalized spacial score (nSPS) is 14.6. The lowest BCUT2D eigenvalue weighted by Gasteiger charge is -2.16. The second-order valence-corrected chi connectivity index (χ2v) is 5.09. The van der Waals surface area contributed by atoms with Crippen molar-refractivity contribution in [3.63, 3.8) is 0 Å². The Morgan fingerprint density at radius 1 is 1.24 bits per heavy atom. The van der Waals surface area contributed by atoms with Crippen LogP contribution < -0.4 is 4.72 Å². The van der Waals surface area contributed by atoms with Crippen LogP contribution in [0, 0.1) is 6.92 Å². The quantitative estimate of drug-likeness (QED) is 0.809. The predicted octanol–water partition coefficient (Wildman–Crippen LogP) is 1.15. The summed E-state index contributed by atoms with van der Waals surface area (Å²) in [5.74, 6) is 0. The van der Waals surface area contributed by atoms with E-state index in [-0.39, 0.29) is 4.90 Å². The maximum atomic E-state index is 12.0. The Morgan fingerprint density at radius 2 is 1.71 bits per heavy atom. The molecule has 1 aromatic rings. The highest BCUT2D eigenvalue weighted by atomic mass is 32.2. The number of benzene rings is 1. The molecule has 1 atom stereocenters. The molecule has 0 spiro atoms. The molecule has 1 unspecified atom stereocenters. The lowest BCUT2D eigenvalue weighted by molar-refractivity contribution is -0.207. The van der Waals surface area contributed by atoms with Crippen molar-refractivity contribution in [1.82, 2.24) is 4.72 Å². The monoisotopic (exact) mass is 269 g/mol. The zero-order chi connectivity index (χ0) is 13.3. The summed E-state index contributed by atoms with van der Waals surface area (Å²) in [5, 5.41) is 8.62. The zero-order valence-corrected chi connectivity index (χ0v) is 9.51. The Bertz CT molecular complexity index is 481. The minimum absolute atomic E-state index is 0.341. The SMILES string of the molecule is Cc1ccc(S(=O)(=O)NC(O)C(F)(F)F)cc1. The van der Waals surface area contributed by atoms with Crippen LogP contribution in [-0.2, 0) is 10.0 Å². The van der Waals surface area contributed by atoms with Crippen molar-refractivity contribution >= 4 is 10.0 Å². The number of aliphatic hydroxyl groups is 1. The smallest absolute Gasteiger partial charge is 0.369 e. The van der Waals surface area contributed by atoms with Crippen LogP contribution in [0.15, 0.2) is 29.2 Å². The summed E-state index contributed by atoms with van der Waals surface area (Å²) in [6, 6.07) is 5.19. The largest absolute Gasteiger partial charge is 0.428 e. The fourth-order valence-corrected chi connectivity index (χ4v) is 2.06. The summed E-state index contributed by atoms with van der Waals surface area (Å²) in [5.41, 5.74) is 0.764. The lowest BCUT2D eigenvalue weighted by atomic mass is 10.2. The summed E-state index contributed by atoms with van der Waals surface area (Å²) >= 11 is 0. The van der Waals surface area contributed by atoms with Gasteiger partial charge in [-0.3, -0.25) is 0 Å². The number of nitrogens with one attached hydrogen (secondary N) is 1. The van der Waals surface area contributed by atoms with Crippen LogP contribution in [0.4, 0.5) is 13.2 Å². The highest BCUT2D eigenvalue weighted by Crippen LogP contribution is 2.20. The van der Waals surface area contributed by atoms with Crippen LogP contribution >= 0.6 is 0 Å². The standard InChI is InChI=1S/C9H10F3NO3S/c1-6-2-4-7(5-3-6)17(15,16)13-8(14)9(10,11)12/h2-5,8,13-14H,1H3. The van der Waals surface area contributed by atoms with Gasteiger partial charge in [-0.2, -0.15) is 17.9 Å². The second-order valence-electron chi connectivity index (χ2n) is 3.38. The fraction of sp³-hybridized carbons (Fsp3) is 0.333. The van der Waals surface area contributed by atoms with Crippen molar-refractivity contribution in [2.45, 2.75) is 24.2 Å². The average Bonchev–Trinajstić information content (AvgIpc) is 2.16. The summed E-state index contributed by atoms with van der Waals surface area (Å²) < 4.78 is 59.9. The van der Waals surface area contributed by atoms with Gasteiger partial charge in [-0.15, -0.1) is 0 Å². The molecule has 1 aromatic carbocycles. The van der Waals surface area contributed by atoms with Gasteiger partial charge in [0.15, 0.2) is 0 Å². The van der Waals surface area contributed by atoms with E-state index in [4.69, 9.17) is 5.11 Å². The molecule has 0 bridgehead atoms. The lowest BCUT2D eigenvalue weighted by Crippen LogP contribution is -2.45. The van der Waals surface area contributed by atoms with Gasteiger partial charge in [0.25, 0.3) is 0 Å². The van der Waals surface area contributed by atoms with Crippen molar-refractivity contribution in [1.29, 1.82) is 0 Å². The molecule has 4 nitrogen and oxygen atoms in total. The average molecular weight is 269 g/mol. The van der Waals surface area contributed by atoms with Crippen molar-refractivity contribution < 1.29 is 26.7 Å². The van der Waals surface area contributed by atoms with Gasteiger partial charge in [0, 0.05) is 0 Å². The first-order valence-corrected chi connectivity index (χ1v) is 5.95. The maximum Gasteiger partial charge on any atom is 0.428 e. The number of hydrogen-bond acceptors (Lipinski definition) is 3. The van der Waals surface area contributed by atoms with Gasteiger partial charge in [0.1, 0.15) is 0 Å². The number of hydrogen-bond donors (Lipinski definition) is 2. The Labute approximate surface area is 96.1 Å². The third-order valence-electron chi connectivity index (χ3n) is 1.91. The van der Waals surface area contributed by atoms with E-state index < -0.39 is 22.4 Å². The Hall–Kier alpha value is -1.12. The van der Waals surface area contributed by atoms with E-state index in [0.29, 0.717) is 0 Å². The number of aliphatic hydroxyl groups excluding tert-OH is 1. The van der Waals surface area contributed by atoms with Crippen LogP contribution in [0.5, 0.6) is 0 Å². The molecule has 1 rings (SSSR count). The molecule has 0 aliphatic heterocycles. The Kier molecular flexibility index (Phi) is 3.80. The summed E-state index contributed by atoms with van der Waals surface area (Å²) in [7, 11) is -4.38. The third-order valence-corrected chi connectivity index (χ3v) is 3.33. The van der Waals surface area contributed by atoms with Gasteiger partial charge >= 0.3 is 6.18 Å². The summed E-state index contributed by atoms with van der Waals surface area (Å²) in [4.78, 5) is -0.341. The molecule has 0 radical (unpaired) electrons. The first-order valence-electron chi connectivity index (χ1n) is 4.47. The van der Waals surface area contributed by atoms with Crippen molar-refractivity contribution in [2.24, 2.45) is 0 Å². The highest BCUT2D eigenvalue weighted by Gasteiger charge is 2.41. The van der Waals surface area contributed by atoms with Crippen LogP contribution in [0.25, 0.3) is 0 Å². The van der Waals surface area contributed by atoms with Crippen molar-refractivity contribution in [3.8, 4) is 0 Å². The van der Waals surface area contributed by atoms with E-state index in [9.17, 15) is 21.6 Å². The van der Waals surface area contributed by atoms with Gasteiger partial charge in [-0.05, 0) is 19.1 Å². The molecule has 0 saturated heterocycles. The van der Waals surface area contributed by atoms with Gasteiger partial charge in [0.2, 0.25) is 16.3 Å². The van der Waals surface area contributed by atoms with Crippen LogP contribution in [0.3, 0.4) is 0 Å². The topological polar surface area (TPSA) is 66.4 Å². The second kappa shape index (κ2) is 4.63. The molecule has 2 N–H and O–H groups in total. The van der Waals surface area contributed by atoms with Crippen LogP contribution in [-0.4, -0.2) is 25.9 Å². The fourth-order valence-electron chi connectivity index (χ4n) is 0.999. The molecule has 0 saturated carbocycles. The van der Waals surface area contributed by atoms with Crippen LogP contribution in [0.1, 0.15) is 5.56 Å². The third kappa shape index (κ3) is 3.69. The molecule has 0 heterocycles. The van der Waals surface area contributed by atoms with Crippen LogP contribution in [0.2, 0.25) is 0 Å². The van der Waals surface area contributed by atoms with E-state index in [1.165, 1.54) is 12.1 Å². The number of sulfonamides is 1. The molecule has 17 heavy (non-hydrogen) atoms. The molecule has 8 heteroatoms. The maximum absolute atomic E-state index is 12.0. The van der Waals surface area contributed by atoms with E-state index in [1.54, 1.807) is 6.92 Å². The van der Waals surface area contributed by atoms with Gasteiger partial charge in [-0.25, -0.2) is 8.42 Å². The molecule has 96 valence electrons. The van der Waals surface area contributed by atoms with Crippen molar-refractivity contribution in [3.05, 3.63) is 29.8 Å². The Morgan fingerprint density at radius 3 is 2.12 bits per heavy atom. The number of rotatable bonds is 3. The number of aryl methyl sites for hydroxylation is 1. The first kappa shape index (κ1) is 13.9. The number of alkyl halides is 3. The molecule has 0 aliphatic carbocycles. The predicted molar refractivity (Wildman–Crippen MR) is 53.6 cm³/mol. The minimum Gasteiger partial charge on any atom is -0.369 e. The Balaban J connectivity index is 2.94. The minimum atomic E-state index is -5.04. The summed E-state index contributed by atoms with van der Waals surface area (Å²) in [6.07, 6.45) is -8.16. The summed E-state index contributed by atoms with van der Waals surface area (Å²) in [6.45, 7) is 1.70. The highest BCUT2D eigenvalue weighted by molar-refractivity contribution is 7.89. The number of halogens is 3. The molecule has 0 aromatic heterocycles. The van der Waals surface area contributed by atoms with E-state index in [0.717, 1.165) is 22.4 Å².